The van der Waals surface area contributed by atoms with Gasteiger partial charge in [0.2, 0.25) is 11.1 Å². The monoisotopic (exact) mass is 520 g/mol. The largest absolute Gasteiger partial charge is 0.364 e. The number of anilines is 2. The number of nitrogens with zero attached hydrogens (tertiary/aromatic N) is 4. The lowest BCUT2D eigenvalue weighted by Crippen LogP contribution is -2.28. The average molecular weight is 521 g/mol. The molecule has 0 saturated heterocycles. The number of benzene rings is 1. The van der Waals surface area contributed by atoms with Gasteiger partial charge in [-0.3, -0.25) is 9.00 Å². The second-order valence-corrected chi connectivity index (χ2v) is 11.2. The van der Waals surface area contributed by atoms with Gasteiger partial charge in [0.15, 0.2) is 0 Å². The molecule has 0 radical (unpaired) electrons. The summed E-state index contributed by atoms with van der Waals surface area (Å²) in [5.41, 5.74) is 3.35. The smallest absolute Gasteiger partial charge is 0.236 e. The molecule has 1 aromatic carbocycles. The Labute approximate surface area is 216 Å². The maximum Gasteiger partial charge on any atom is 0.236 e. The van der Waals surface area contributed by atoms with Crippen molar-refractivity contribution < 1.29 is 9.00 Å². The number of halogens is 1. The summed E-state index contributed by atoms with van der Waals surface area (Å²) in [6, 6.07) is 13.2. The van der Waals surface area contributed by atoms with Gasteiger partial charge in [-0.15, -0.1) is 0 Å². The molecular weight excluding hydrogens is 496 g/mol. The second-order valence-electron chi connectivity index (χ2n) is 9.51. The molecule has 3 aromatic heterocycles. The number of rotatable bonds is 8. The molecule has 2 saturated carbocycles. The minimum Gasteiger partial charge on any atom is -0.364 e. The Kier molecular flexibility index (Phi) is 5.76. The lowest BCUT2D eigenvalue weighted by molar-refractivity contribution is -0.118. The zero-order valence-electron chi connectivity index (χ0n) is 19.7. The van der Waals surface area contributed by atoms with Crippen LogP contribution in [0.1, 0.15) is 48.4 Å². The topological polar surface area (TPSA) is 101 Å². The lowest BCUT2D eigenvalue weighted by Gasteiger charge is -2.16. The highest BCUT2D eigenvalue weighted by Gasteiger charge is 2.51. The van der Waals surface area contributed by atoms with Crippen LogP contribution < -0.4 is 10.6 Å². The first-order valence-electron chi connectivity index (χ1n) is 11.9. The van der Waals surface area contributed by atoms with Crippen molar-refractivity contribution in [3.63, 3.8) is 0 Å². The summed E-state index contributed by atoms with van der Waals surface area (Å²) in [5, 5.41) is 6.90. The van der Waals surface area contributed by atoms with Crippen LogP contribution in [0.3, 0.4) is 0 Å². The highest BCUT2D eigenvalue weighted by Crippen LogP contribution is 2.49. The molecule has 2 aliphatic rings. The van der Waals surface area contributed by atoms with Crippen molar-refractivity contribution in [3.8, 4) is 0 Å². The molecule has 1 amide bonds. The highest BCUT2D eigenvalue weighted by molar-refractivity contribution is 7.84. The van der Waals surface area contributed by atoms with Gasteiger partial charge in [-0.2, -0.15) is 0 Å². The van der Waals surface area contributed by atoms with Crippen molar-refractivity contribution in [2.75, 3.05) is 16.9 Å². The molecule has 1 atom stereocenters. The predicted molar refractivity (Wildman–Crippen MR) is 140 cm³/mol. The van der Waals surface area contributed by atoms with Crippen molar-refractivity contribution in [1.82, 2.24) is 19.4 Å². The fraction of sp³-hybridized carbons (Fsp3) is 0.308. The summed E-state index contributed by atoms with van der Waals surface area (Å²) in [6.45, 7) is 0.424. The van der Waals surface area contributed by atoms with Gasteiger partial charge in [0.25, 0.3) is 0 Å². The first kappa shape index (κ1) is 23.1. The summed E-state index contributed by atoms with van der Waals surface area (Å²) in [4.78, 5) is 26.6. The Morgan fingerprint density at radius 3 is 2.64 bits per heavy atom. The Bertz CT molecular complexity index is 1510. The van der Waals surface area contributed by atoms with Gasteiger partial charge < -0.3 is 15.0 Å². The van der Waals surface area contributed by atoms with Crippen LogP contribution in [0.15, 0.2) is 60.0 Å². The van der Waals surface area contributed by atoms with E-state index in [4.69, 9.17) is 11.6 Å². The molecule has 2 aliphatic carbocycles. The fourth-order valence-electron chi connectivity index (χ4n) is 4.49. The molecule has 1 unspecified atom stereocenters. The number of nitrogens with one attached hydrogen (secondary N) is 2. The summed E-state index contributed by atoms with van der Waals surface area (Å²) in [5.74, 6) is 1.29. The number of hydrogen-bond acceptors (Lipinski definition) is 6. The highest BCUT2D eigenvalue weighted by atomic mass is 35.5. The number of fused-ring (bicyclic) bond motifs is 1. The van der Waals surface area contributed by atoms with Crippen LogP contribution in [0.2, 0.25) is 5.02 Å². The molecule has 0 spiro atoms. The minimum atomic E-state index is -1.42. The third-order valence-corrected chi connectivity index (χ3v) is 7.72. The van der Waals surface area contributed by atoms with Crippen molar-refractivity contribution in [1.29, 1.82) is 0 Å². The van der Waals surface area contributed by atoms with Gasteiger partial charge in [-0.05, 0) is 60.9 Å². The molecule has 3 heterocycles. The third kappa shape index (κ3) is 4.60. The summed E-state index contributed by atoms with van der Waals surface area (Å²) in [7, 11) is -1.42. The van der Waals surface area contributed by atoms with E-state index < -0.39 is 16.2 Å². The van der Waals surface area contributed by atoms with E-state index in [1.807, 2.05) is 34.9 Å². The lowest BCUT2D eigenvalue weighted by atomic mass is 9.95. The number of carbonyl (C=O) groups excluding carboxylic acids is 1. The first-order valence-corrected chi connectivity index (χ1v) is 13.8. The quantitative estimate of drug-likeness (QED) is 0.327. The molecule has 36 heavy (non-hydrogen) atoms. The molecule has 8 nitrogen and oxygen atoms in total. The Hall–Kier alpha value is -3.30. The summed E-state index contributed by atoms with van der Waals surface area (Å²) < 4.78 is 14.3. The molecule has 2 N–H and O–H groups in total. The first-order chi connectivity index (χ1) is 17.4. The summed E-state index contributed by atoms with van der Waals surface area (Å²) in [6.07, 6.45) is 9.63. The van der Waals surface area contributed by atoms with E-state index in [-0.39, 0.29) is 11.1 Å². The molecule has 2 fully saturated rings. The van der Waals surface area contributed by atoms with Crippen molar-refractivity contribution in [3.05, 3.63) is 76.7 Å². The van der Waals surface area contributed by atoms with Crippen molar-refractivity contribution >= 4 is 45.6 Å². The molecule has 0 aliphatic heterocycles. The zero-order chi connectivity index (χ0) is 24.9. The van der Waals surface area contributed by atoms with E-state index in [2.05, 4.69) is 37.8 Å². The standard InChI is InChI=1S/C26H25ClN6O2S/c1-36(35)25-31-21(28-13-20-15-33-14-17(16-5-6-16)7-8-23(33)29-20)12-22(32-25)30-24(34)26(9-10-26)18-3-2-4-19(27)11-18/h2-4,7-8,11-12,14-16H,5-6,9-10,13H2,1H3,(H2,28,30,31,32,34). The van der Waals surface area contributed by atoms with E-state index in [0.29, 0.717) is 29.1 Å². The molecule has 10 heteroatoms. The number of hydrogen-bond donors (Lipinski definition) is 2. The number of aromatic nitrogens is 4. The van der Waals surface area contributed by atoms with Crippen molar-refractivity contribution in [2.24, 2.45) is 0 Å². The predicted octanol–water partition coefficient (Wildman–Crippen LogP) is 4.67. The molecule has 184 valence electrons. The molecule has 0 bridgehead atoms. The van der Waals surface area contributed by atoms with Gasteiger partial charge in [0, 0.05) is 29.7 Å². The van der Waals surface area contributed by atoms with Crippen LogP contribution >= 0.6 is 11.6 Å². The van der Waals surface area contributed by atoms with Crippen LogP contribution in [0.5, 0.6) is 0 Å². The molecular formula is C26H25ClN6O2S. The van der Waals surface area contributed by atoms with Gasteiger partial charge in [-0.25, -0.2) is 15.0 Å². The van der Waals surface area contributed by atoms with Crippen LogP contribution in [-0.2, 0) is 27.6 Å². The number of carbonyl (C=O) groups is 1. The number of imidazole rings is 1. The van der Waals surface area contributed by atoms with E-state index in [0.717, 1.165) is 29.7 Å². The third-order valence-electron chi connectivity index (χ3n) is 6.79. The van der Waals surface area contributed by atoms with Gasteiger partial charge in [0.05, 0.1) is 28.5 Å². The molecule has 6 rings (SSSR count). The molecule has 4 aromatic rings. The fourth-order valence-corrected chi connectivity index (χ4v) is 5.13. The Morgan fingerprint density at radius 1 is 1.11 bits per heavy atom. The van der Waals surface area contributed by atoms with E-state index in [9.17, 15) is 9.00 Å². The van der Waals surface area contributed by atoms with E-state index in [1.54, 1.807) is 12.1 Å². The SMILES string of the molecule is CS(=O)c1nc(NCc2cn3cc(C4CC4)ccc3n2)cc(NC(=O)C2(c3cccc(Cl)c3)CC2)n1. The van der Waals surface area contributed by atoms with Crippen LogP contribution in [0.25, 0.3) is 5.65 Å². The van der Waals surface area contributed by atoms with Gasteiger partial charge in [-0.1, -0.05) is 29.8 Å². The normalized spacial score (nSPS) is 17.1. The minimum absolute atomic E-state index is 0.145. The van der Waals surface area contributed by atoms with E-state index in [1.165, 1.54) is 24.7 Å². The van der Waals surface area contributed by atoms with E-state index >= 15 is 0 Å². The zero-order valence-corrected chi connectivity index (χ0v) is 21.3. The average Bonchev–Trinajstić information content (AvgIpc) is 3.79. The number of amides is 1. The van der Waals surface area contributed by atoms with Gasteiger partial charge >= 0.3 is 0 Å². The van der Waals surface area contributed by atoms with Gasteiger partial charge in [0.1, 0.15) is 17.3 Å². The Balaban J connectivity index is 1.20. The Morgan fingerprint density at radius 2 is 1.92 bits per heavy atom. The van der Waals surface area contributed by atoms with Crippen LogP contribution in [0, 0.1) is 0 Å². The maximum absolute atomic E-state index is 13.2. The number of pyridine rings is 1. The van der Waals surface area contributed by atoms with Crippen LogP contribution in [-0.4, -0.2) is 35.7 Å². The summed E-state index contributed by atoms with van der Waals surface area (Å²) >= 11 is 6.15. The maximum atomic E-state index is 13.2. The second kappa shape index (κ2) is 8.97. The van der Waals surface area contributed by atoms with Crippen molar-refractivity contribution in [2.45, 2.75) is 48.7 Å². The van der Waals surface area contributed by atoms with Crippen LogP contribution in [0.4, 0.5) is 11.6 Å².